The van der Waals surface area contributed by atoms with E-state index in [0.717, 1.165) is 25.4 Å². The summed E-state index contributed by atoms with van der Waals surface area (Å²) in [6.45, 7) is 14.4. The molecule has 0 aromatic heterocycles. The SMILES string of the molecule is CCCCC(CC)COCCOCCOCCOCCCC(=O)OCCCCCCCC(C)C. The molecule has 0 aromatic rings. The quantitative estimate of drug-likeness (QED) is 0.0960. The van der Waals surface area contributed by atoms with Crippen LogP contribution in [0.3, 0.4) is 0 Å². The summed E-state index contributed by atoms with van der Waals surface area (Å²) in [6, 6.07) is 0. The lowest BCUT2D eigenvalue weighted by Crippen LogP contribution is -2.14. The second-order valence-electron chi connectivity index (χ2n) is 9.60. The number of hydrogen-bond acceptors (Lipinski definition) is 6. The van der Waals surface area contributed by atoms with Crippen LogP contribution in [-0.2, 0) is 28.5 Å². The zero-order chi connectivity index (χ0) is 25.1. The van der Waals surface area contributed by atoms with Crippen molar-refractivity contribution in [2.45, 2.75) is 105 Å². The Balaban J connectivity index is 3.23. The third kappa shape index (κ3) is 25.9. The van der Waals surface area contributed by atoms with Crippen LogP contribution in [0.1, 0.15) is 105 Å². The Labute approximate surface area is 210 Å². The molecule has 6 heteroatoms. The topological polar surface area (TPSA) is 63.2 Å². The first-order valence-electron chi connectivity index (χ1n) is 14.1. The third-order valence-corrected chi connectivity index (χ3v) is 5.87. The lowest BCUT2D eigenvalue weighted by atomic mass is 10.0. The van der Waals surface area contributed by atoms with Crippen molar-refractivity contribution in [1.82, 2.24) is 0 Å². The van der Waals surface area contributed by atoms with Crippen molar-refractivity contribution in [2.75, 3.05) is 59.5 Å². The van der Waals surface area contributed by atoms with Gasteiger partial charge in [0.05, 0.1) is 46.2 Å². The molecule has 0 saturated heterocycles. The first kappa shape index (κ1) is 33.3. The maximum atomic E-state index is 11.7. The predicted molar refractivity (Wildman–Crippen MR) is 139 cm³/mol. The largest absolute Gasteiger partial charge is 0.466 e. The van der Waals surface area contributed by atoms with E-state index in [-0.39, 0.29) is 5.97 Å². The first-order chi connectivity index (χ1) is 16.6. The molecule has 0 fully saturated rings. The lowest BCUT2D eigenvalue weighted by molar-refractivity contribution is -0.144. The highest BCUT2D eigenvalue weighted by molar-refractivity contribution is 5.69. The Morgan fingerprint density at radius 3 is 1.82 bits per heavy atom. The number of rotatable bonds is 27. The molecule has 204 valence electrons. The van der Waals surface area contributed by atoms with Crippen LogP contribution in [0, 0.1) is 11.8 Å². The summed E-state index contributed by atoms with van der Waals surface area (Å²) in [7, 11) is 0. The minimum Gasteiger partial charge on any atom is -0.466 e. The van der Waals surface area contributed by atoms with E-state index in [9.17, 15) is 4.79 Å². The Hall–Kier alpha value is -0.690. The summed E-state index contributed by atoms with van der Waals surface area (Å²) in [5.74, 6) is 1.35. The molecule has 0 aliphatic heterocycles. The van der Waals surface area contributed by atoms with Gasteiger partial charge in [-0.3, -0.25) is 4.79 Å². The third-order valence-electron chi connectivity index (χ3n) is 5.87. The van der Waals surface area contributed by atoms with Gasteiger partial charge in [-0.15, -0.1) is 0 Å². The predicted octanol–water partition coefficient (Wildman–Crippen LogP) is 6.59. The molecule has 1 atom stereocenters. The summed E-state index contributed by atoms with van der Waals surface area (Å²) >= 11 is 0. The fourth-order valence-electron chi connectivity index (χ4n) is 3.57. The van der Waals surface area contributed by atoms with Gasteiger partial charge in [0, 0.05) is 19.6 Å². The number of unbranched alkanes of at least 4 members (excludes halogenated alkanes) is 5. The van der Waals surface area contributed by atoms with E-state index in [1.54, 1.807) is 0 Å². The Morgan fingerprint density at radius 1 is 0.618 bits per heavy atom. The molecule has 0 aromatic carbocycles. The normalized spacial score (nSPS) is 12.4. The van der Waals surface area contributed by atoms with Gasteiger partial charge in [-0.1, -0.05) is 79.1 Å². The summed E-state index contributed by atoms with van der Waals surface area (Å²) < 4.78 is 27.5. The minimum atomic E-state index is -0.119. The van der Waals surface area contributed by atoms with Gasteiger partial charge in [-0.2, -0.15) is 0 Å². The molecular weight excluding hydrogens is 432 g/mol. The summed E-state index contributed by atoms with van der Waals surface area (Å²) in [5, 5.41) is 0. The Morgan fingerprint density at radius 2 is 1.21 bits per heavy atom. The molecule has 0 rings (SSSR count). The lowest BCUT2D eigenvalue weighted by Gasteiger charge is -2.14. The highest BCUT2D eigenvalue weighted by Crippen LogP contribution is 2.13. The number of carbonyl (C=O) groups is 1. The van der Waals surface area contributed by atoms with Gasteiger partial charge in [0.25, 0.3) is 0 Å². The molecule has 0 heterocycles. The van der Waals surface area contributed by atoms with Gasteiger partial charge < -0.3 is 23.7 Å². The zero-order valence-corrected chi connectivity index (χ0v) is 23.0. The van der Waals surface area contributed by atoms with Crippen LogP contribution < -0.4 is 0 Å². The fourth-order valence-corrected chi connectivity index (χ4v) is 3.57. The van der Waals surface area contributed by atoms with Crippen LogP contribution in [0.4, 0.5) is 0 Å². The molecule has 0 saturated carbocycles. The van der Waals surface area contributed by atoms with Crippen molar-refractivity contribution in [1.29, 1.82) is 0 Å². The van der Waals surface area contributed by atoms with E-state index in [1.165, 1.54) is 51.4 Å². The molecule has 0 aliphatic rings. The van der Waals surface area contributed by atoms with Crippen molar-refractivity contribution in [2.24, 2.45) is 11.8 Å². The van der Waals surface area contributed by atoms with Crippen LogP contribution in [0.5, 0.6) is 0 Å². The molecule has 0 aliphatic carbocycles. The second-order valence-corrected chi connectivity index (χ2v) is 9.60. The molecule has 0 bridgehead atoms. The van der Waals surface area contributed by atoms with Crippen LogP contribution in [-0.4, -0.2) is 65.4 Å². The molecule has 34 heavy (non-hydrogen) atoms. The molecule has 0 amide bonds. The van der Waals surface area contributed by atoms with Crippen LogP contribution >= 0.6 is 0 Å². The summed E-state index contributed by atoms with van der Waals surface area (Å²) in [4.78, 5) is 11.7. The van der Waals surface area contributed by atoms with Crippen molar-refractivity contribution in [3.05, 3.63) is 0 Å². The first-order valence-corrected chi connectivity index (χ1v) is 14.1. The second kappa shape index (κ2) is 26.9. The minimum absolute atomic E-state index is 0.119. The van der Waals surface area contributed by atoms with E-state index in [0.29, 0.717) is 71.6 Å². The van der Waals surface area contributed by atoms with Crippen LogP contribution in [0.25, 0.3) is 0 Å². The molecule has 0 radical (unpaired) electrons. The summed E-state index contributed by atoms with van der Waals surface area (Å²) in [6.07, 6.45) is 13.3. The van der Waals surface area contributed by atoms with Gasteiger partial charge >= 0.3 is 5.97 Å². The van der Waals surface area contributed by atoms with Gasteiger partial charge in [0.2, 0.25) is 0 Å². The van der Waals surface area contributed by atoms with Crippen LogP contribution in [0.2, 0.25) is 0 Å². The number of carbonyl (C=O) groups excluding carboxylic acids is 1. The molecule has 0 spiro atoms. The van der Waals surface area contributed by atoms with Gasteiger partial charge in [-0.05, 0) is 31.1 Å². The number of hydrogen-bond donors (Lipinski definition) is 0. The number of esters is 1. The van der Waals surface area contributed by atoms with E-state index < -0.39 is 0 Å². The van der Waals surface area contributed by atoms with E-state index in [1.807, 2.05) is 0 Å². The average Bonchev–Trinajstić information content (AvgIpc) is 2.82. The van der Waals surface area contributed by atoms with Gasteiger partial charge in [0.15, 0.2) is 0 Å². The number of ether oxygens (including phenoxy) is 5. The standard InChI is InChI=1S/C28H56O6/c1-5-7-15-27(6-2)25-33-24-23-32-22-21-31-20-19-30-17-13-16-28(29)34-18-12-10-8-9-11-14-26(3)4/h26-27H,5-25H2,1-4H3. The van der Waals surface area contributed by atoms with Gasteiger partial charge in [-0.25, -0.2) is 0 Å². The highest BCUT2D eigenvalue weighted by atomic mass is 16.6. The average molecular weight is 489 g/mol. The maximum absolute atomic E-state index is 11.7. The van der Waals surface area contributed by atoms with E-state index in [4.69, 9.17) is 23.7 Å². The van der Waals surface area contributed by atoms with E-state index >= 15 is 0 Å². The molecule has 0 N–H and O–H groups in total. The Bertz CT molecular complexity index is 416. The molecule has 6 nitrogen and oxygen atoms in total. The monoisotopic (exact) mass is 488 g/mol. The van der Waals surface area contributed by atoms with Crippen molar-refractivity contribution >= 4 is 5.97 Å². The maximum Gasteiger partial charge on any atom is 0.305 e. The smallest absolute Gasteiger partial charge is 0.305 e. The highest BCUT2D eigenvalue weighted by Gasteiger charge is 2.05. The van der Waals surface area contributed by atoms with Crippen molar-refractivity contribution in [3.63, 3.8) is 0 Å². The molecular formula is C28H56O6. The van der Waals surface area contributed by atoms with Crippen molar-refractivity contribution < 1.29 is 28.5 Å². The Kier molecular flexibility index (Phi) is 26.4. The molecule has 1 unspecified atom stereocenters. The van der Waals surface area contributed by atoms with Crippen LogP contribution in [0.15, 0.2) is 0 Å². The van der Waals surface area contributed by atoms with E-state index in [2.05, 4.69) is 27.7 Å². The summed E-state index contributed by atoms with van der Waals surface area (Å²) in [5.41, 5.74) is 0. The van der Waals surface area contributed by atoms with Gasteiger partial charge in [0.1, 0.15) is 0 Å². The zero-order valence-electron chi connectivity index (χ0n) is 23.0. The van der Waals surface area contributed by atoms with Crippen molar-refractivity contribution in [3.8, 4) is 0 Å². The fraction of sp³-hybridized carbons (Fsp3) is 0.964.